The van der Waals surface area contributed by atoms with E-state index < -0.39 is 32.2 Å². The van der Waals surface area contributed by atoms with Crippen LogP contribution in [-0.2, 0) is 10.0 Å². The Bertz CT molecular complexity index is 761. The quantitative estimate of drug-likeness (QED) is 0.856. The van der Waals surface area contributed by atoms with E-state index in [0.717, 1.165) is 18.2 Å². The lowest BCUT2D eigenvalue weighted by Gasteiger charge is -2.11. The first-order chi connectivity index (χ1) is 9.31. The normalized spacial score (nSPS) is 11.3. The van der Waals surface area contributed by atoms with Crippen LogP contribution in [0.15, 0.2) is 41.3 Å². The molecule has 0 radical (unpaired) electrons. The molecule has 0 saturated heterocycles. The molecule has 7 heteroatoms. The average molecular weight is 298 g/mol. The largest absolute Gasteiger partial charge is 0.395 e. The van der Waals surface area contributed by atoms with E-state index in [1.807, 2.05) is 0 Å². The van der Waals surface area contributed by atoms with Crippen LogP contribution >= 0.6 is 0 Å². The molecule has 4 nitrogen and oxygen atoms in total. The second-order valence-electron chi connectivity index (χ2n) is 4.24. The maximum absolute atomic E-state index is 13.6. The van der Waals surface area contributed by atoms with Gasteiger partial charge in [-0.3, -0.25) is 4.72 Å². The fourth-order valence-corrected chi connectivity index (χ4v) is 2.87. The SMILES string of the molecule is Cc1ccc(F)c(NS(=O)(=O)c2cccc(F)c2N)c1. The molecule has 2 aromatic carbocycles. The predicted molar refractivity (Wildman–Crippen MR) is 72.8 cm³/mol. The lowest BCUT2D eigenvalue weighted by molar-refractivity contribution is 0.595. The standard InChI is InChI=1S/C13H12F2N2O2S/c1-8-5-6-9(14)11(7-8)17-20(18,19)12-4-2-3-10(15)13(12)16/h2-7,17H,16H2,1H3. The third-order valence-corrected chi connectivity index (χ3v) is 4.09. The van der Waals surface area contributed by atoms with Crippen LogP contribution in [0.1, 0.15) is 5.56 Å². The minimum Gasteiger partial charge on any atom is -0.395 e. The van der Waals surface area contributed by atoms with Crippen LogP contribution in [-0.4, -0.2) is 8.42 Å². The van der Waals surface area contributed by atoms with Gasteiger partial charge in [0.1, 0.15) is 16.5 Å². The van der Waals surface area contributed by atoms with Gasteiger partial charge in [0.25, 0.3) is 10.0 Å². The summed E-state index contributed by atoms with van der Waals surface area (Å²) >= 11 is 0. The van der Waals surface area contributed by atoms with Crippen LogP contribution in [0.5, 0.6) is 0 Å². The van der Waals surface area contributed by atoms with Crippen molar-refractivity contribution in [3.8, 4) is 0 Å². The summed E-state index contributed by atoms with van der Waals surface area (Å²) in [5, 5.41) is 0. The molecular weight excluding hydrogens is 286 g/mol. The van der Waals surface area contributed by atoms with Gasteiger partial charge in [-0.15, -0.1) is 0 Å². The molecule has 2 aromatic rings. The molecule has 0 fully saturated rings. The van der Waals surface area contributed by atoms with Gasteiger partial charge in [-0.1, -0.05) is 12.1 Å². The van der Waals surface area contributed by atoms with E-state index in [1.165, 1.54) is 18.2 Å². The van der Waals surface area contributed by atoms with Crippen molar-refractivity contribution in [3.63, 3.8) is 0 Å². The molecule has 0 saturated carbocycles. The number of para-hydroxylation sites is 1. The lowest BCUT2D eigenvalue weighted by atomic mass is 10.2. The van der Waals surface area contributed by atoms with Gasteiger partial charge in [0, 0.05) is 0 Å². The molecule has 0 bridgehead atoms. The summed E-state index contributed by atoms with van der Waals surface area (Å²) in [6.45, 7) is 1.69. The number of nitrogen functional groups attached to an aromatic ring is 1. The summed E-state index contributed by atoms with van der Waals surface area (Å²) in [6.07, 6.45) is 0. The highest BCUT2D eigenvalue weighted by Gasteiger charge is 2.20. The Morgan fingerprint density at radius 2 is 1.80 bits per heavy atom. The van der Waals surface area contributed by atoms with E-state index in [4.69, 9.17) is 5.73 Å². The third-order valence-electron chi connectivity index (χ3n) is 2.67. The number of sulfonamides is 1. The smallest absolute Gasteiger partial charge is 0.264 e. The first-order valence-electron chi connectivity index (χ1n) is 5.64. The molecular formula is C13H12F2N2O2S. The van der Waals surface area contributed by atoms with Gasteiger partial charge in [0.2, 0.25) is 0 Å². The van der Waals surface area contributed by atoms with Crippen molar-refractivity contribution < 1.29 is 17.2 Å². The van der Waals surface area contributed by atoms with E-state index in [0.29, 0.717) is 5.56 Å². The topological polar surface area (TPSA) is 72.2 Å². The zero-order chi connectivity index (χ0) is 14.9. The first-order valence-corrected chi connectivity index (χ1v) is 7.12. The van der Waals surface area contributed by atoms with Crippen molar-refractivity contribution in [3.05, 3.63) is 53.6 Å². The molecule has 2 rings (SSSR count). The fourth-order valence-electron chi connectivity index (χ4n) is 1.67. The van der Waals surface area contributed by atoms with E-state index >= 15 is 0 Å². The molecule has 0 aromatic heterocycles. The van der Waals surface area contributed by atoms with Gasteiger partial charge in [0.15, 0.2) is 0 Å². The number of aryl methyl sites for hydroxylation is 1. The Hall–Kier alpha value is -2.15. The third kappa shape index (κ3) is 2.72. The van der Waals surface area contributed by atoms with Gasteiger partial charge in [-0.05, 0) is 36.8 Å². The van der Waals surface area contributed by atoms with E-state index in [1.54, 1.807) is 6.92 Å². The zero-order valence-corrected chi connectivity index (χ0v) is 11.3. The average Bonchev–Trinajstić information content (AvgIpc) is 2.36. The number of anilines is 2. The van der Waals surface area contributed by atoms with E-state index in [2.05, 4.69) is 4.72 Å². The Balaban J connectivity index is 2.46. The number of nitrogens with two attached hydrogens (primary N) is 1. The van der Waals surface area contributed by atoms with Gasteiger partial charge >= 0.3 is 0 Å². The minimum absolute atomic E-state index is 0.214. The summed E-state index contributed by atoms with van der Waals surface area (Å²) in [6, 6.07) is 7.39. The summed E-state index contributed by atoms with van der Waals surface area (Å²) in [5.74, 6) is -1.58. The van der Waals surface area contributed by atoms with Gasteiger partial charge in [0.05, 0.1) is 11.4 Å². The summed E-state index contributed by atoms with van der Waals surface area (Å²) in [4.78, 5) is -0.432. The molecule has 0 spiro atoms. The zero-order valence-electron chi connectivity index (χ0n) is 10.5. The van der Waals surface area contributed by atoms with Crippen molar-refractivity contribution >= 4 is 21.4 Å². The number of nitrogens with one attached hydrogen (secondary N) is 1. The maximum atomic E-state index is 13.6. The first kappa shape index (κ1) is 14.3. The van der Waals surface area contributed by atoms with Crippen LogP contribution in [0.25, 0.3) is 0 Å². The predicted octanol–water partition coefficient (Wildman–Crippen LogP) is 2.66. The van der Waals surface area contributed by atoms with Crippen molar-refractivity contribution in [2.24, 2.45) is 0 Å². The van der Waals surface area contributed by atoms with Gasteiger partial charge < -0.3 is 5.73 Å². The molecule has 0 aliphatic rings. The number of halogens is 2. The highest BCUT2D eigenvalue weighted by molar-refractivity contribution is 7.92. The summed E-state index contributed by atoms with van der Waals surface area (Å²) in [7, 11) is -4.16. The monoisotopic (exact) mass is 298 g/mol. The summed E-state index contributed by atoms with van der Waals surface area (Å²) in [5.41, 5.74) is 5.36. The van der Waals surface area contributed by atoms with Crippen molar-refractivity contribution in [1.82, 2.24) is 0 Å². The maximum Gasteiger partial charge on any atom is 0.264 e. The molecule has 106 valence electrons. The minimum atomic E-state index is -4.16. The fraction of sp³-hybridized carbons (Fsp3) is 0.0769. The van der Waals surface area contributed by atoms with Crippen LogP contribution in [0.4, 0.5) is 20.2 Å². The highest BCUT2D eigenvalue weighted by atomic mass is 32.2. The van der Waals surface area contributed by atoms with Crippen molar-refractivity contribution in [1.29, 1.82) is 0 Å². The van der Waals surface area contributed by atoms with Crippen LogP contribution in [0.2, 0.25) is 0 Å². The number of hydrogen-bond acceptors (Lipinski definition) is 3. The Labute approximate surface area is 115 Å². The highest BCUT2D eigenvalue weighted by Crippen LogP contribution is 2.25. The number of hydrogen-bond donors (Lipinski definition) is 2. The number of benzene rings is 2. The second kappa shape index (κ2) is 5.09. The Morgan fingerprint density at radius 3 is 2.50 bits per heavy atom. The van der Waals surface area contributed by atoms with Crippen LogP contribution in [0, 0.1) is 18.6 Å². The molecule has 0 amide bonds. The van der Waals surface area contributed by atoms with Crippen molar-refractivity contribution in [2.45, 2.75) is 11.8 Å². The lowest BCUT2D eigenvalue weighted by Crippen LogP contribution is -2.16. The molecule has 0 aliphatic heterocycles. The molecule has 0 unspecified atom stereocenters. The molecule has 0 heterocycles. The molecule has 0 atom stereocenters. The van der Waals surface area contributed by atoms with Crippen LogP contribution < -0.4 is 10.5 Å². The second-order valence-corrected chi connectivity index (χ2v) is 5.89. The Morgan fingerprint density at radius 1 is 1.10 bits per heavy atom. The molecule has 0 aliphatic carbocycles. The van der Waals surface area contributed by atoms with Crippen molar-refractivity contribution in [2.75, 3.05) is 10.5 Å². The van der Waals surface area contributed by atoms with Gasteiger partial charge in [-0.2, -0.15) is 0 Å². The number of rotatable bonds is 3. The summed E-state index contributed by atoms with van der Waals surface area (Å²) < 4.78 is 53.2. The van der Waals surface area contributed by atoms with Crippen LogP contribution in [0.3, 0.4) is 0 Å². The van der Waals surface area contributed by atoms with E-state index in [9.17, 15) is 17.2 Å². The molecule has 20 heavy (non-hydrogen) atoms. The Kier molecular flexibility index (Phi) is 3.63. The van der Waals surface area contributed by atoms with Gasteiger partial charge in [-0.25, -0.2) is 17.2 Å². The molecule has 3 N–H and O–H groups in total. The van der Waals surface area contributed by atoms with E-state index in [-0.39, 0.29) is 5.69 Å².